The fourth-order valence-electron chi connectivity index (χ4n) is 2.27. The lowest BCUT2D eigenvalue weighted by atomic mass is 10.2. The maximum Gasteiger partial charge on any atom is 0.142 e. The molecule has 0 radical (unpaired) electrons. The molecule has 1 aromatic heterocycles. The maximum absolute atomic E-state index is 5.55. The van der Waals surface area contributed by atoms with E-state index in [0.717, 1.165) is 37.8 Å². The molecule has 0 bridgehead atoms. The number of aryl methyl sites for hydroxylation is 2. The number of anilines is 1. The second-order valence-corrected chi connectivity index (χ2v) is 4.57. The molecular weight excluding hydrogens is 218 g/mol. The summed E-state index contributed by atoms with van der Waals surface area (Å²) in [6.45, 7) is 7.62. The summed E-state index contributed by atoms with van der Waals surface area (Å²) in [7, 11) is 1.90. The molecule has 0 amide bonds. The van der Waals surface area contributed by atoms with Crippen LogP contribution in [-0.2, 0) is 18.3 Å². The summed E-state index contributed by atoms with van der Waals surface area (Å²) in [4.78, 5) is 2.40. The first-order chi connectivity index (χ1) is 8.13. The molecule has 6 heteroatoms. The topological polar surface area (TPSA) is 68.3 Å². The van der Waals surface area contributed by atoms with Crippen molar-refractivity contribution in [2.45, 2.75) is 26.4 Å². The van der Waals surface area contributed by atoms with Crippen molar-refractivity contribution in [1.82, 2.24) is 14.7 Å². The highest BCUT2D eigenvalue weighted by Gasteiger charge is 2.22. The summed E-state index contributed by atoms with van der Waals surface area (Å²) in [6.07, 6.45) is 0. The van der Waals surface area contributed by atoms with Gasteiger partial charge in [0.05, 0.1) is 18.9 Å². The summed E-state index contributed by atoms with van der Waals surface area (Å²) < 4.78 is 7.23. The number of nitrogens with two attached hydrogens (primary N) is 1. The summed E-state index contributed by atoms with van der Waals surface area (Å²) >= 11 is 0. The van der Waals surface area contributed by atoms with E-state index >= 15 is 0 Å². The zero-order valence-electron chi connectivity index (χ0n) is 10.7. The highest BCUT2D eigenvalue weighted by atomic mass is 16.5. The van der Waals surface area contributed by atoms with Crippen LogP contribution in [0.3, 0.4) is 0 Å². The van der Waals surface area contributed by atoms with Crippen LogP contribution in [0.15, 0.2) is 0 Å². The van der Waals surface area contributed by atoms with Crippen molar-refractivity contribution in [3.05, 3.63) is 11.3 Å². The Morgan fingerprint density at radius 1 is 1.59 bits per heavy atom. The van der Waals surface area contributed by atoms with Gasteiger partial charge in [-0.1, -0.05) is 0 Å². The van der Waals surface area contributed by atoms with Gasteiger partial charge in [-0.25, -0.2) is 5.84 Å². The van der Waals surface area contributed by atoms with E-state index in [1.807, 2.05) is 14.0 Å². The van der Waals surface area contributed by atoms with E-state index in [1.165, 1.54) is 5.56 Å². The highest BCUT2D eigenvalue weighted by Crippen LogP contribution is 2.21. The lowest BCUT2D eigenvalue weighted by Crippen LogP contribution is -2.43. The van der Waals surface area contributed by atoms with Crippen LogP contribution in [0.25, 0.3) is 0 Å². The molecule has 3 N–H and O–H groups in total. The van der Waals surface area contributed by atoms with Crippen LogP contribution in [0.2, 0.25) is 0 Å². The van der Waals surface area contributed by atoms with Crippen LogP contribution < -0.4 is 11.3 Å². The van der Waals surface area contributed by atoms with Gasteiger partial charge in [-0.2, -0.15) is 5.10 Å². The van der Waals surface area contributed by atoms with Crippen molar-refractivity contribution in [2.24, 2.45) is 12.9 Å². The lowest BCUT2D eigenvalue weighted by molar-refractivity contribution is -0.00436. The van der Waals surface area contributed by atoms with Crippen LogP contribution in [0.5, 0.6) is 0 Å². The predicted octanol–water partition coefficient (Wildman–Crippen LogP) is 0.235. The molecule has 1 fully saturated rings. The van der Waals surface area contributed by atoms with Crippen molar-refractivity contribution < 1.29 is 4.74 Å². The number of nitrogens with one attached hydrogen (secondary N) is 1. The first-order valence-electron chi connectivity index (χ1n) is 5.94. The van der Waals surface area contributed by atoms with Crippen LogP contribution >= 0.6 is 0 Å². The number of rotatable bonds is 3. The summed E-state index contributed by atoms with van der Waals surface area (Å²) in [6, 6.07) is 0.439. The van der Waals surface area contributed by atoms with E-state index in [2.05, 4.69) is 22.3 Å². The van der Waals surface area contributed by atoms with Gasteiger partial charge < -0.3 is 10.2 Å². The maximum atomic E-state index is 5.55. The zero-order valence-corrected chi connectivity index (χ0v) is 10.7. The monoisotopic (exact) mass is 239 g/mol. The van der Waals surface area contributed by atoms with E-state index in [1.54, 1.807) is 4.68 Å². The Morgan fingerprint density at radius 3 is 3.00 bits per heavy atom. The van der Waals surface area contributed by atoms with Crippen LogP contribution in [0.4, 0.5) is 5.82 Å². The van der Waals surface area contributed by atoms with Gasteiger partial charge in [-0.05, 0) is 13.8 Å². The molecule has 0 spiro atoms. The molecule has 1 aliphatic rings. The molecule has 1 atom stereocenters. The first-order valence-corrected chi connectivity index (χ1v) is 5.94. The Bertz CT molecular complexity index is 389. The van der Waals surface area contributed by atoms with E-state index in [4.69, 9.17) is 10.6 Å². The van der Waals surface area contributed by atoms with Crippen LogP contribution in [0.1, 0.15) is 18.2 Å². The Hall–Kier alpha value is -1.11. The third-order valence-electron chi connectivity index (χ3n) is 3.35. The van der Waals surface area contributed by atoms with Crippen LogP contribution in [0, 0.1) is 6.92 Å². The van der Waals surface area contributed by atoms with Crippen molar-refractivity contribution in [1.29, 1.82) is 0 Å². The number of ether oxygens (including phenoxy) is 1. The number of nitrogens with zero attached hydrogens (tertiary/aromatic N) is 3. The Balaban J connectivity index is 2.17. The molecule has 2 rings (SSSR count). The van der Waals surface area contributed by atoms with Gasteiger partial charge in [0.15, 0.2) is 0 Å². The number of nitrogen functional groups attached to an aromatic ring is 1. The highest BCUT2D eigenvalue weighted by molar-refractivity contribution is 5.46. The zero-order chi connectivity index (χ0) is 12.4. The third kappa shape index (κ3) is 2.43. The number of hydrazine groups is 1. The lowest BCUT2D eigenvalue weighted by Gasteiger charge is -2.33. The first kappa shape index (κ1) is 12.3. The third-order valence-corrected chi connectivity index (χ3v) is 3.35. The number of hydrogen-bond donors (Lipinski definition) is 2. The molecule has 0 aliphatic carbocycles. The van der Waals surface area contributed by atoms with Gasteiger partial charge in [0, 0.05) is 31.7 Å². The van der Waals surface area contributed by atoms with E-state index in [9.17, 15) is 0 Å². The standard InChI is InChI=1S/C11H21N5O/c1-8-7-17-5-4-16(8)6-10-9(2)14-15(3)11(10)13-12/h8,13H,4-7,12H2,1-3H3. The van der Waals surface area contributed by atoms with Gasteiger partial charge in [0.25, 0.3) is 0 Å². The molecule has 6 nitrogen and oxygen atoms in total. The second kappa shape index (κ2) is 5.03. The quantitative estimate of drug-likeness (QED) is 0.584. The van der Waals surface area contributed by atoms with E-state index in [-0.39, 0.29) is 0 Å². The summed E-state index contributed by atoms with van der Waals surface area (Å²) in [5.41, 5.74) is 4.93. The molecule has 1 saturated heterocycles. The Kier molecular flexibility index (Phi) is 3.66. The second-order valence-electron chi connectivity index (χ2n) is 4.57. The van der Waals surface area contributed by atoms with Crippen LogP contribution in [-0.4, -0.2) is 40.5 Å². The fourth-order valence-corrected chi connectivity index (χ4v) is 2.27. The Labute approximate surface area is 102 Å². The molecule has 17 heavy (non-hydrogen) atoms. The molecule has 1 aromatic rings. The molecule has 0 saturated carbocycles. The number of aromatic nitrogens is 2. The van der Waals surface area contributed by atoms with Crippen molar-refractivity contribution >= 4 is 5.82 Å². The smallest absolute Gasteiger partial charge is 0.142 e. The SMILES string of the molecule is Cc1nn(C)c(NN)c1CN1CCOCC1C. The number of morpholine rings is 1. The summed E-state index contributed by atoms with van der Waals surface area (Å²) in [5, 5.41) is 4.39. The fraction of sp³-hybridized carbons (Fsp3) is 0.727. The van der Waals surface area contributed by atoms with Gasteiger partial charge in [0.1, 0.15) is 5.82 Å². The normalized spacial score (nSPS) is 21.8. The Morgan fingerprint density at radius 2 is 2.35 bits per heavy atom. The largest absolute Gasteiger partial charge is 0.379 e. The molecule has 1 unspecified atom stereocenters. The van der Waals surface area contributed by atoms with Gasteiger partial charge in [-0.15, -0.1) is 0 Å². The van der Waals surface area contributed by atoms with E-state index < -0.39 is 0 Å². The molecule has 1 aliphatic heterocycles. The van der Waals surface area contributed by atoms with Crippen molar-refractivity contribution in [3.63, 3.8) is 0 Å². The average molecular weight is 239 g/mol. The minimum absolute atomic E-state index is 0.439. The predicted molar refractivity (Wildman–Crippen MR) is 66.4 cm³/mol. The van der Waals surface area contributed by atoms with Gasteiger partial charge in [-0.3, -0.25) is 9.58 Å². The number of hydrogen-bond acceptors (Lipinski definition) is 5. The van der Waals surface area contributed by atoms with E-state index in [0.29, 0.717) is 6.04 Å². The molecule has 2 heterocycles. The minimum atomic E-state index is 0.439. The molecular formula is C11H21N5O. The average Bonchev–Trinajstić information content (AvgIpc) is 2.56. The van der Waals surface area contributed by atoms with Crippen molar-refractivity contribution in [3.8, 4) is 0 Å². The van der Waals surface area contributed by atoms with Crippen molar-refractivity contribution in [2.75, 3.05) is 25.2 Å². The summed E-state index contributed by atoms with van der Waals surface area (Å²) in [5.74, 6) is 6.44. The molecule has 0 aromatic carbocycles. The van der Waals surface area contributed by atoms with Gasteiger partial charge in [0.2, 0.25) is 0 Å². The van der Waals surface area contributed by atoms with Gasteiger partial charge >= 0.3 is 0 Å². The molecule has 96 valence electrons. The minimum Gasteiger partial charge on any atom is -0.379 e.